The number of carbonyl (C=O) groups excluding carboxylic acids is 1. The van der Waals surface area contributed by atoms with Crippen molar-refractivity contribution in [3.8, 4) is 0 Å². The van der Waals surface area contributed by atoms with E-state index < -0.39 is 18.1 Å². The molecule has 1 saturated carbocycles. The van der Waals surface area contributed by atoms with Gasteiger partial charge < -0.3 is 11.1 Å². The van der Waals surface area contributed by atoms with Crippen molar-refractivity contribution in [2.75, 3.05) is 0 Å². The van der Waals surface area contributed by atoms with E-state index in [2.05, 4.69) is 5.32 Å². The Labute approximate surface area is 128 Å². The summed E-state index contributed by atoms with van der Waals surface area (Å²) in [5, 5.41) is 2.77. The number of rotatable bonds is 3. The third kappa shape index (κ3) is 4.22. The minimum Gasteiger partial charge on any atom is -0.352 e. The summed E-state index contributed by atoms with van der Waals surface area (Å²) in [4.78, 5) is 12.1. The molecule has 1 unspecified atom stereocenters. The third-order valence-electron chi connectivity index (χ3n) is 4.26. The molecule has 3 N–H and O–H groups in total. The first-order valence-electron chi connectivity index (χ1n) is 7.46. The molecule has 0 saturated heterocycles. The van der Waals surface area contributed by atoms with Crippen molar-refractivity contribution in [2.24, 2.45) is 11.7 Å². The molecule has 6 heteroatoms. The van der Waals surface area contributed by atoms with Crippen LogP contribution in [0.2, 0.25) is 0 Å². The van der Waals surface area contributed by atoms with E-state index in [9.17, 15) is 18.0 Å². The van der Waals surface area contributed by atoms with E-state index in [0.29, 0.717) is 18.4 Å². The van der Waals surface area contributed by atoms with Crippen molar-refractivity contribution >= 4 is 5.91 Å². The molecular formula is C16H21F3N2O. The molecular weight excluding hydrogens is 293 g/mol. The Morgan fingerprint density at radius 3 is 2.23 bits per heavy atom. The van der Waals surface area contributed by atoms with Crippen molar-refractivity contribution < 1.29 is 18.0 Å². The summed E-state index contributed by atoms with van der Waals surface area (Å²) in [6.07, 6.45) is -3.32. The van der Waals surface area contributed by atoms with Crippen LogP contribution >= 0.6 is 0 Å². The quantitative estimate of drug-likeness (QED) is 0.900. The molecule has 22 heavy (non-hydrogen) atoms. The van der Waals surface area contributed by atoms with E-state index in [1.807, 2.05) is 19.1 Å². The number of nitrogens with one attached hydrogen (secondary N) is 1. The summed E-state index contributed by atoms with van der Waals surface area (Å²) in [7, 11) is 0. The smallest absolute Gasteiger partial charge is 0.352 e. The number of amides is 1. The lowest BCUT2D eigenvalue weighted by molar-refractivity contribution is -0.182. The number of benzene rings is 1. The summed E-state index contributed by atoms with van der Waals surface area (Å²) in [6, 6.07) is 6.32. The predicted octanol–water partition coefficient (Wildman–Crippen LogP) is 3.23. The molecule has 0 heterocycles. The summed E-state index contributed by atoms with van der Waals surface area (Å²) < 4.78 is 37.8. The average molecular weight is 314 g/mol. The van der Waals surface area contributed by atoms with Gasteiger partial charge >= 0.3 is 6.18 Å². The Morgan fingerprint density at radius 2 is 1.73 bits per heavy atom. The first kappa shape index (κ1) is 16.8. The van der Waals surface area contributed by atoms with Crippen LogP contribution in [0.25, 0.3) is 0 Å². The Morgan fingerprint density at radius 1 is 1.18 bits per heavy atom. The van der Waals surface area contributed by atoms with Crippen molar-refractivity contribution in [2.45, 2.75) is 50.9 Å². The van der Waals surface area contributed by atoms with Gasteiger partial charge in [0.05, 0.1) is 5.92 Å². The fourth-order valence-electron chi connectivity index (χ4n) is 2.78. The number of hydrogen-bond acceptors (Lipinski definition) is 2. The number of alkyl halides is 3. The summed E-state index contributed by atoms with van der Waals surface area (Å²) in [6.45, 7) is 1.94. The molecule has 1 aromatic rings. The topological polar surface area (TPSA) is 55.1 Å². The number of carbonyl (C=O) groups is 1. The maximum atomic E-state index is 12.6. The van der Waals surface area contributed by atoms with E-state index in [0.717, 1.165) is 5.56 Å². The van der Waals surface area contributed by atoms with E-state index in [1.54, 1.807) is 12.1 Å². The van der Waals surface area contributed by atoms with Crippen molar-refractivity contribution in [1.82, 2.24) is 5.32 Å². The van der Waals surface area contributed by atoms with Crippen LogP contribution in [0.1, 0.15) is 42.9 Å². The molecule has 1 fully saturated rings. The zero-order valence-electron chi connectivity index (χ0n) is 12.5. The van der Waals surface area contributed by atoms with Crippen molar-refractivity contribution in [3.05, 3.63) is 35.4 Å². The van der Waals surface area contributed by atoms with E-state index in [-0.39, 0.29) is 24.8 Å². The Balaban J connectivity index is 1.86. The number of hydrogen-bond donors (Lipinski definition) is 2. The van der Waals surface area contributed by atoms with Gasteiger partial charge in [-0.15, -0.1) is 0 Å². The van der Waals surface area contributed by atoms with Crippen LogP contribution in [0.4, 0.5) is 13.2 Å². The van der Waals surface area contributed by atoms with Gasteiger partial charge in [-0.25, -0.2) is 0 Å². The first-order chi connectivity index (χ1) is 10.3. The molecule has 1 amide bonds. The lowest BCUT2D eigenvalue weighted by Crippen LogP contribution is -2.43. The molecule has 3 nitrogen and oxygen atoms in total. The summed E-state index contributed by atoms with van der Waals surface area (Å²) >= 11 is 0. The van der Waals surface area contributed by atoms with Crippen LogP contribution in [0.15, 0.2) is 24.3 Å². The van der Waals surface area contributed by atoms with Gasteiger partial charge in [0.2, 0.25) is 5.91 Å². The molecule has 0 aliphatic heterocycles. The second-order valence-electron chi connectivity index (χ2n) is 5.99. The lowest BCUT2D eigenvalue weighted by Gasteiger charge is -2.30. The second kappa shape index (κ2) is 6.69. The first-order valence-corrected chi connectivity index (χ1v) is 7.46. The van der Waals surface area contributed by atoms with Gasteiger partial charge in [0, 0.05) is 6.04 Å². The molecule has 1 aliphatic rings. The van der Waals surface area contributed by atoms with Crippen molar-refractivity contribution in [1.29, 1.82) is 0 Å². The highest BCUT2D eigenvalue weighted by atomic mass is 19.4. The maximum Gasteiger partial charge on any atom is 0.391 e. The fourth-order valence-corrected chi connectivity index (χ4v) is 2.78. The van der Waals surface area contributed by atoms with Crippen LogP contribution in [0.3, 0.4) is 0 Å². The lowest BCUT2D eigenvalue weighted by atomic mass is 9.85. The molecule has 1 aromatic carbocycles. The Bertz CT molecular complexity index is 505. The molecule has 0 radical (unpaired) electrons. The van der Waals surface area contributed by atoms with Gasteiger partial charge in [0.15, 0.2) is 0 Å². The minimum atomic E-state index is -4.13. The molecule has 0 bridgehead atoms. The van der Waals surface area contributed by atoms with Gasteiger partial charge in [-0.05, 0) is 38.2 Å². The average Bonchev–Trinajstić information content (AvgIpc) is 2.47. The number of nitrogens with two attached hydrogens (primary N) is 1. The van der Waals surface area contributed by atoms with E-state index in [1.165, 1.54) is 0 Å². The zero-order valence-corrected chi connectivity index (χ0v) is 12.5. The standard InChI is InChI=1S/C16H21F3N2O/c1-10-2-4-11(5-3-10)14(20)15(22)21-13-8-6-12(7-9-13)16(17,18)19/h2-5,12-14H,6-9,20H2,1H3,(H,21,22). The van der Waals surface area contributed by atoms with Gasteiger partial charge in [0.25, 0.3) is 0 Å². The normalized spacial score (nSPS) is 23.9. The molecule has 122 valence electrons. The maximum absolute atomic E-state index is 12.6. The Kier molecular flexibility index (Phi) is 5.11. The second-order valence-corrected chi connectivity index (χ2v) is 5.99. The van der Waals surface area contributed by atoms with Gasteiger partial charge in [-0.3, -0.25) is 4.79 Å². The van der Waals surface area contributed by atoms with E-state index in [4.69, 9.17) is 5.73 Å². The fraction of sp³-hybridized carbons (Fsp3) is 0.562. The zero-order chi connectivity index (χ0) is 16.3. The summed E-state index contributed by atoms with van der Waals surface area (Å²) in [5.74, 6) is -1.58. The largest absolute Gasteiger partial charge is 0.391 e. The number of halogens is 3. The minimum absolute atomic E-state index is 0.0637. The van der Waals surface area contributed by atoms with Crippen LogP contribution in [-0.2, 0) is 4.79 Å². The van der Waals surface area contributed by atoms with Crippen LogP contribution < -0.4 is 11.1 Å². The highest BCUT2D eigenvalue weighted by Gasteiger charge is 2.41. The summed E-state index contributed by atoms with van der Waals surface area (Å²) in [5.41, 5.74) is 7.68. The van der Waals surface area contributed by atoms with Crippen molar-refractivity contribution in [3.63, 3.8) is 0 Å². The molecule has 0 aromatic heterocycles. The van der Waals surface area contributed by atoms with Gasteiger partial charge in [-0.1, -0.05) is 29.8 Å². The highest BCUT2D eigenvalue weighted by molar-refractivity contribution is 5.83. The third-order valence-corrected chi connectivity index (χ3v) is 4.26. The SMILES string of the molecule is Cc1ccc(C(N)C(=O)NC2CCC(C(F)(F)F)CC2)cc1. The van der Waals surface area contributed by atoms with E-state index >= 15 is 0 Å². The highest BCUT2D eigenvalue weighted by Crippen LogP contribution is 2.37. The monoisotopic (exact) mass is 314 g/mol. The number of aryl methyl sites for hydroxylation is 1. The molecule has 1 aliphatic carbocycles. The molecule has 1 atom stereocenters. The Hall–Kier alpha value is -1.56. The molecule has 0 spiro atoms. The van der Waals surface area contributed by atoms with Gasteiger partial charge in [-0.2, -0.15) is 13.2 Å². The molecule has 2 rings (SSSR count). The van der Waals surface area contributed by atoms with Crippen LogP contribution in [0.5, 0.6) is 0 Å². The van der Waals surface area contributed by atoms with Gasteiger partial charge in [0.1, 0.15) is 6.04 Å². The predicted molar refractivity (Wildman–Crippen MR) is 78.1 cm³/mol. The van der Waals surface area contributed by atoms with Crippen LogP contribution in [0, 0.1) is 12.8 Å². The van der Waals surface area contributed by atoms with Crippen LogP contribution in [-0.4, -0.2) is 18.1 Å².